The van der Waals surface area contributed by atoms with Crippen molar-refractivity contribution >= 4 is 31.2 Å². The highest BCUT2D eigenvalue weighted by molar-refractivity contribution is 7.91. The lowest BCUT2D eigenvalue weighted by Crippen LogP contribution is -2.12. The molecule has 0 heterocycles. The van der Waals surface area contributed by atoms with Crippen LogP contribution in [-0.2, 0) is 25.4 Å². The van der Waals surface area contributed by atoms with Crippen molar-refractivity contribution in [3.05, 3.63) is 76.9 Å². The second kappa shape index (κ2) is 7.76. The third-order valence-corrected chi connectivity index (χ3v) is 8.41. The van der Waals surface area contributed by atoms with Gasteiger partial charge in [0.05, 0.1) is 21.1 Å². The molecule has 2 aliphatic carbocycles. The molecule has 162 valence electrons. The van der Waals surface area contributed by atoms with Gasteiger partial charge in [-0.25, -0.2) is 21.6 Å². The van der Waals surface area contributed by atoms with Crippen LogP contribution in [0.1, 0.15) is 52.2 Å². The summed E-state index contributed by atoms with van der Waals surface area (Å²) in [6, 6.07) is 8.79. The number of carbonyl (C=O) groups is 1. The quantitative estimate of drug-likeness (QED) is 0.673. The predicted octanol–water partition coefficient (Wildman–Crippen LogP) is 3.98. The van der Waals surface area contributed by atoms with E-state index in [1.807, 2.05) is 18.2 Å². The normalized spacial score (nSPS) is 16.4. The number of hydrogen-bond donors (Lipinski definition) is 1. The molecule has 1 fully saturated rings. The van der Waals surface area contributed by atoms with Gasteiger partial charge < -0.3 is 5.11 Å². The van der Waals surface area contributed by atoms with Crippen LogP contribution in [0.5, 0.6) is 0 Å². The zero-order valence-corrected chi connectivity index (χ0v) is 18.5. The summed E-state index contributed by atoms with van der Waals surface area (Å²) >= 11 is 0. The Labute approximate surface area is 181 Å². The summed E-state index contributed by atoms with van der Waals surface area (Å²) < 4.78 is 51.1. The number of allylic oxidation sites excluding steroid dienone is 4. The summed E-state index contributed by atoms with van der Waals surface area (Å²) in [5.41, 5.74) is 2.53. The van der Waals surface area contributed by atoms with Crippen molar-refractivity contribution in [2.75, 3.05) is 6.26 Å². The van der Waals surface area contributed by atoms with E-state index in [1.165, 1.54) is 24.3 Å². The van der Waals surface area contributed by atoms with Gasteiger partial charge in [-0.15, -0.1) is 0 Å². The van der Waals surface area contributed by atoms with E-state index in [4.69, 9.17) is 0 Å². The Morgan fingerprint density at radius 2 is 1.81 bits per heavy atom. The first-order valence-electron chi connectivity index (χ1n) is 9.85. The zero-order chi connectivity index (χ0) is 22.4. The lowest BCUT2D eigenvalue weighted by atomic mass is 10.00. The number of carboxylic acid groups (broad SMARTS) is 1. The Bertz CT molecular complexity index is 1340. The molecule has 6 nitrogen and oxygen atoms in total. The molecule has 0 radical (unpaired) electrons. The molecule has 1 N–H and O–H groups in total. The molecule has 2 aliphatic rings. The fourth-order valence-electron chi connectivity index (χ4n) is 3.83. The van der Waals surface area contributed by atoms with E-state index in [1.54, 1.807) is 12.1 Å². The number of benzene rings is 2. The van der Waals surface area contributed by atoms with Crippen LogP contribution in [0.15, 0.2) is 64.4 Å². The first-order valence-corrected chi connectivity index (χ1v) is 13.4. The van der Waals surface area contributed by atoms with Gasteiger partial charge in [0.2, 0.25) is 0 Å². The molecule has 0 aromatic heterocycles. The predicted molar refractivity (Wildman–Crippen MR) is 118 cm³/mol. The molecular formula is C23H22O6S2. The Morgan fingerprint density at radius 1 is 1.06 bits per heavy atom. The molecule has 0 bridgehead atoms. The highest BCUT2D eigenvalue weighted by atomic mass is 32.2. The van der Waals surface area contributed by atoms with E-state index in [0.29, 0.717) is 23.1 Å². The summed E-state index contributed by atoms with van der Waals surface area (Å²) in [5.74, 6) is -1.50. The van der Waals surface area contributed by atoms with Gasteiger partial charge in [-0.3, -0.25) is 0 Å². The highest BCUT2D eigenvalue weighted by Crippen LogP contribution is 2.44. The van der Waals surface area contributed by atoms with Crippen LogP contribution in [0.25, 0.3) is 5.57 Å². The third-order valence-electron chi connectivity index (χ3n) is 5.58. The van der Waals surface area contributed by atoms with Crippen LogP contribution in [0, 0.1) is 0 Å². The lowest BCUT2D eigenvalue weighted by Gasteiger charge is -2.15. The lowest BCUT2D eigenvalue weighted by molar-refractivity contribution is 0.0696. The van der Waals surface area contributed by atoms with Gasteiger partial charge in [0.1, 0.15) is 0 Å². The number of sulfone groups is 2. The van der Waals surface area contributed by atoms with E-state index in [0.717, 1.165) is 24.7 Å². The minimum atomic E-state index is -3.93. The van der Waals surface area contributed by atoms with Gasteiger partial charge in [-0.05, 0) is 71.7 Å². The average molecular weight is 459 g/mol. The molecule has 0 spiro atoms. The molecule has 0 amide bonds. The number of carboxylic acids is 1. The maximum atomic E-state index is 13.5. The van der Waals surface area contributed by atoms with Crippen LogP contribution in [0.4, 0.5) is 0 Å². The molecule has 1 saturated carbocycles. The second-order valence-corrected chi connectivity index (χ2v) is 12.0. The largest absolute Gasteiger partial charge is 0.478 e. The van der Waals surface area contributed by atoms with Crippen molar-refractivity contribution in [3.63, 3.8) is 0 Å². The van der Waals surface area contributed by atoms with Crippen molar-refractivity contribution in [1.82, 2.24) is 0 Å². The summed E-state index contributed by atoms with van der Waals surface area (Å²) in [4.78, 5) is 11.5. The summed E-state index contributed by atoms with van der Waals surface area (Å²) in [7, 11) is -7.45. The maximum absolute atomic E-state index is 13.5. The van der Waals surface area contributed by atoms with E-state index in [-0.39, 0.29) is 21.3 Å². The number of hydrogen-bond acceptors (Lipinski definition) is 5. The first-order chi connectivity index (χ1) is 14.6. The molecule has 0 saturated heterocycles. The molecule has 0 atom stereocenters. The van der Waals surface area contributed by atoms with Crippen molar-refractivity contribution < 1.29 is 26.7 Å². The van der Waals surface area contributed by atoms with Crippen molar-refractivity contribution in [2.45, 2.75) is 40.7 Å². The van der Waals surface area contributed by atoms with Crippen LogP contribution in [0.2, 0.25) is 0 Å². The van der Waals surface area contributed by atoms with Crippen molar-refractivity contribution in [3.8, 4) is 0 Å². The van der Waals surface area contributed by atoms with E-state index in [9.17, 15) is 26.7 Å². The Morgan fingerprint density at radius 3 is 2.39 bits per heavy atom. The molecule has 4 rings (SSSR count). The average Bonchev–Trinajstić information content (AvgIpc) is 3.40. The zero-order valence-electron chi connectivity index (χ0n) is 16.9. The smallest absolute Gasteiger partial charge is 0.335 e. The second-order valence-electron chi connectivity index (χ2n) is 8.01. The molecule has 2 aromatic carbocycles. The van der Waals surface area contributed by atoms with Gasteiger partial charge in [-0.1, -0.05) is 30.4 Å². The fraction of sp³-hybridized carbons (Fsp3) is 0.261. The first kappa shape index (κ1) is 21.5. The Kier molecular flexibility index (Phi) is 5.39. The highest BCUT2D eigenvalue weighted by Gasteiger charge is 2.32. The maximum Gasteiger partial charge on any atom is 0.335 e. The summed E-state index contributed by atoms with van der Waals surface area (Å²) in [6.07, 6.45) is 9.14. The Balaban J connectivity index is 1.83. The van der Waals surface area contributed by atoms with E-state index >= 15 is 0 Å². The standard InChI is InChI=1S/C23H22O6S2/c1-30(26,27)19-9-11-20(15-4-2-3-5-15)18(12-19)14-31(28,29)22-13-17(23(24)25)8-10-21(22)16-6-7-16/h2-4,8-13,16H,5-7,14H2,1H3,(H,24,25). The summed E-state index contributed by atoms with van der Waals surface area (Å²) in [5, 5.41) is 9.35. The number of aromatic carboxylic acids is 1. The van der Waals surface area contributed by atoms with Gasteiger partial charge >= 0.3 is 5.97 Å². The van der Waals surface area contributed by atoms with Crippen LogP contribution in [-0.4, -0.2) is 34.2 Å². The molecule has 0 unspecified atom stereocenters. The molecule has 8 heteroatoms. The minimum absolute atomic E-state index is 0.0177. The molecule has 2 aromatic rings. The van der Waals surface area contributed by atoms with Gasteiger partial charge in [0, 0.05) is 6.26 Å². The van der Waals surface area contributed by atoms with Gasteiger partial charge in [0.15, 0.2) is 19.7 Å². The van der Waals surface area contributed by atoms with Crippen LogP contribution < -0.4 is 0 Å². The summed E-state index contributed by atoms with van der Waals surface area (Å²) in [6.45, 7) is 0. The SMILES string of the molecule is CS(=O)(=O)c1ccc(C2=CC=CC2)c(CS(=O)(=O)c2cc(C(=O)O)ccc2C2CC2)c1. The monoisotopic (exact) mass is 458 g/mol. The van der Waals surface area contributed by atoms with Gasteiger partial charge in [-0.2, -0.15) is 0 Å². The van der Waals surface area contributed by atoms with Crippen LogP contribution in [0.3, 0.4) is 0 Å². The van der Waals surface area contributed by atoms with Crippen molar-refractivity contribution in [2.24, 2.45) is 0 Å². The fourth-order valence-corrected chi connectivity index (χ4v) is 6.21. The van der Waals surface area contributed by atoms with Crippen molar-refractivity contribution in [1.29, 1.82) is 0 Å². The van der Waals surface area contributed by atoms with Gasteiger partial charge in [0.25, 0.3) is 0 Å². The van der Waals surface area contributed by atoms with E-state index in [2.05, 4.69) is 0 Å². The third kappa shape index (κ3) is 4.50. The molecule has 0 aliphatic heterocycles. The molecular weight excluding hydrogens is 436 g/mol. The van der Waals surface area contributed by atoms with E-state index < -0.39 is 31.4 Å². The molecule has 31 heavy (non-hydrogen) atoms. The van der Waals surface area contributed by atoms with Crippen LogP contribution >= 0.6 is 0 Å². The topological polar surface area (TPSA) is 106 Å². The minimum Gasteiger partial charge on any atom is -0.478 e. The Hall–Kier alpha value is -2.71. The number of rotatable bonds is 7.